The molecule has 2 nitrogen and oxygen atoms in total. The molecule has 0 aromatic heterocycles. The Morgan fingerprint density at radius 1 is 1.31 bits per heavy atom. The number of para-hydroxylation sites is 1. The summed E-state index contributed by atoms with van der Waals surface area (Å²) < 4.78 is 0. The summed E-state index contributed by atoms with van der Waals surface area (Å²) in [5.41, 5.74) is 3.03. The van der Waals surface area contributed by atoms with E-state index in [-0.39, 0.29) is 0 Å². The van der Waals surface area contributed by atoms with Crippen molar-refractivity contribution in [2.75, 3.05) is 31.1 Å². The second kappa shape index (κ2) is 4.46. The summed E-state index contributed by atoms with van der Waals surface area (Å²) in [6.07, 6.45) is 3.92. The van der Waals surface area contributed by atoms with Gasteiger partial charge in [0.05, 0.1) is 0 Å². The van der Waals surface area contributed by atoms with E-state index in [1.54, 1.807) is 5.56 Å². The predicted octanol–water partition coefficient (Wildman–Crippen LogP) is 2.05. The van der Waals surface area contributed by atoms with Crippen LogP contribution in [0.25, 0.3) is 0 Å². The number of aryl methyl sites for hydroxylation is 1. The topological polar surface area (TPSA) is 15.3 Å². The number of rotatable bonds is 2. The summed E-state index contributed by atoms with van der Waals surface area (Å²) in [5.74, 6) is 0.853. The van der Waals surface area contributed by atoms with E-state index in [0.29, 0.717) is 0 Å². The number of hydrogen-bond acceptors (Lipinski definition) is 2. The van der Waals surface area contributed by atoms with E-state index >= 15 is 0 Å². The lowest BCUT2D eigenvalue weighted by atomic mass is 10.00. The molecule has 1 saturated heterocycles. The molecular formula is C14H20N2. The molecule has 0 unspecified atom stereocenters. The minimum absolute atomic E-state index is 0.853. The van der Waals surface area contributed by atoms with E-state index in [9.17, 15) is 0 Å². The van der Waals surface area contributed by atoms with Gasteiger partial charge < -0.3 is 10.2 Å². The van der Waals surface area contributed by atoms with Crippen molar-refractivity contribution in [1.82, 2.24) is 5.32 Å². The van der Waals surface area contributed by atoms with E-state index in [2.05, 4.69) is 34.5 Å². The highest BCUT2D eigenvalue weighted by atomic mass is 15.1. The Morgan fingerprint density at radius 2 is 2.25 bits per heavy atom. The molecule has 0 aliphatic carbocycles. The van der Waals surface area contributed by atoms with E-state index in [0.717, 1.165) is 5.92 Å². The van der Waals surface area contributed by atoms with Gasteiger partial charge in [-0.25, -0.2) is 0 Å². The van der Waals surface area contributed by atoms with Crippen LogP contribution in [0.1, 0.15) is 18.4 Å². The van der Waals surface area contributed by atoms with Crippen LogP contribution in [0, 0.1) is 5.92 Å². The van der Waals surface area contributed by atoms with E-state index in [1.165, 1.54) is 51.1 Å². The zero-order chi connectivity index (χ0) is 10.8. The van der Waals surface area contributed by atoms with Crippen LogP contribution in [0.3, 0.4) is 0 Å². The predicted molar refractivity (Wildman–Crippen MR) is 68.0 cm³/mol. The van der Waals surface area contributed by atoms with Crippen molar-refractivity contribution in [3.05, 3.63) is 29.8 Å². The quantitative estimate of drug-likeness (QED) is 0.814. The number of hydrogen-bond donors (Lipinski definition) is 1. The fourth-order valence-corrected chi connectivity index (χ4v) is 2.98. The Morgan fingerprint density at radius 3 is 3.12 bits per heavy atom. The molecule has 1 atom stereocenters. The summed E-state index contributed by atoms with van der Waals surface area (Å²) in [4.78, 5) is 2.59. The van der Waals surface area contributed by atoms with Gasteiger partial charge in [0.15, 0.2) is 0 Å². The molecule has 0 bridgehead atoms. The van der Waals surface area contributed by atoms with E-state index in [4.69, 9.17) is 0 Å². The molecule has 0 radical (unpaired) electrons. The van der Waals surface area contributed by atoms with Gasteiger partial charge in [-0.3, -0.25) is 0 Å². The molecule has 1 aromatic rings. The summed E-state index contributed by atoms with van der Waals surface area (Å²) in [6, 6.07) is 8.91. The number of anilines is 1. The molecule has 2 aliphatic heterocycles. The van der Waals surface area contributed by atoms with Crippen LogP contribution in [0.5, 0.6) is 0 Å². The molecule has 0 spiro atoms. The highest BCUT2D eigenvalue weighted by molar-refractivity contribution is 5.55. The van der Waals surface area contributed by atoms with Gasteiger partial charge in [-0.05, 0) is 49.9 Å². The van der Waals surface area contributed by atoms with Crippen molar-refractivity contribution in [3.63, 3.8) is 0 Å². The van der Waals surface area contributed by atoms with Gasteiger partial charge in [0, 0.05) is 18.8 Å². The van der Waals surface area contributed by atoms with Gasteiger partial charge in [-0.1, -0.05) is 18.2 Å². The van der Waals surface area contributed by atoms with Crippen molar-refractivity contribution in [2.45, 2.75) is 19.3 Å². The van der Waals surface area contributed by atoms with Gasteiger partial charge in [-0.2, -0.15) is 0 Å². The summed E-state index contributed by atoms with van der Waals surface area (Å²) in [7, 11) is 0. The number of nitrogens with zero attached hydrogens (tertiary/aromatic N) is 1. The van der Waals surface area contributed by atoms with Crippen LogP contribution >= 0.6 is 0 Å². The first-order valence-corrected chi connectivity index (χ1v) is 6.47. The third kappa shape index (κ3) is 1.94. The molecule has 1 aromatic carbocycles. The first-order chi connectivity index (χ1) is 7.93. The average molecular weight is 216 g/mol. The second-order valence-corrected chi connectivity index (χ2v) is 5.04. The maximum Gasteiger partial charge on any atom is 0.0398 e. The third-order valence-corrected chi connectivity index (χ3v) is 3.85. The molecule has 1 fully saturated rings. The van der Waals surface area contributed by atoms with E-state index < -0.39 is 0 Å². The first kappa shape index (κ1) is 10.2. The SMILES string of the molecule is c1ccc2c(c1)CCCN2C[C@H]1CCNC1. The first-order valence-electron chi connectivity index (χ1n) is 6.47. The molecule has 3 rings (SSSR count). The Labute approximate surface area is 97.6 Å². The zero-order valence-corrected chi connectivity index (χ0v) is 9.78. The molecule has 0 amide bonds. The van der Waals surface area contributed by atoms with Gasteiger partial charge >= 0.3 is 0 Å². The minimum atomic E-state index is 0.853. The van der Waals surface area contributed by atoms with Crippen molar-refractivity contribution in [2.24, 2.45) is 5.92 Å². The minimum Gasteiger partial charge on any atom is -0.371 e. The van der Waals surface area contributed by atoms with Gasteiger partial charge in [0.1, 0.15) is 0 Å². The largest absolute Gasteiger partial charge is 0.371 e. The molecule has 86 valence electrons. The number of nitrogens with one attached hydrogen (secondary N) is 1. The second-order valence-electron chi connectivity index (χ2n) is 5.04. The smallest absolute Gasteiger partial charge is 0.0398 e. The van der Waals surface area contributed by atoms with Crippen LogP contribution in [0.15, 0.2) is 24.3 Å². The van der Waals surface area contributed by atoms with Gasteiger partial charge in [0.2, 0.25) is 0 Å². The molecule has 2 heterocycles. The number of benzene rings is 1. The maximum absolute atomic E-state index is 3.46. The van der Waals surface area contributed by atoms with Crippen LogP contribution in [0.4, 0.5) is 5.69 Å². The fraction of sp³-hybridized carbons (Fsp3) is 0.571. The van der Waals surface area contributed by atoms with Gasteiger partial charge in [0.25, 0.3) is 0 Å². The van der Waals surface area contributed by atoms with Gasteiger partial charge in [-0.15, -0.1) is 0 Å². The molecule has 1 N–H and O–H groups in total. The highest BCUT2D eigenvalue weighted by Gasteiger charge is 2.21. The van der Waals surface area contributed by atoms with Crippen molar-refractivity contribution < 1.29 is 0 Å². The normalized spacial score (nSPS) is 24.5. The fourth-order valence-electron chi connectivity index (χ4n) is 2.98. The van der Waals surface area contributed by atoms with Crippen molar-refractivity contribution in [3.8, 4) is 0 Å². The standard InChI is InChI=1S/C14H20N2/c1-2-6-14-13(4-1)5-3-9-16(14)11-12-7-8-15-10-12/h1-2,4,6,12,15H,3,5,7-11H2/t12-/m0/s1. The Bertz CT molecular complexity index is 356. The Kier molecular flexibility index (Phi) is 2.83. The maximum atomic E-state index is 3.46. The Balaban J connectivity index is 1.76. The lowest BCUT2D eigenvalue weighted by Crippen LogP contribution is -2.34. The Hall–Kier alpha value is -1.02. The van der Waals surface area contributed by atoms with E-state index in [1.807, 2.05) is 0 Å². The van der Waals surface area contributed by atoms with Crippen LogP contribution in [0.2, 0.25) is 0 Å². The summed E-state index contributed by atoms with van der Waals surface area (Å²) in [5, 5.41) is 3.46. The third-order valence-electron chi connectivity index (χ3n) is 3.85. The average Bonchev–Trinajstić information content (AvgIpc) is 2.82. The molecular weight excluding hydrogens is 196 g/mol. The molecule has 2 aliphatic rings. The molecule has 2 heteroatoms. The zero-order valence-electron chi connectivity index (χ0n) is 9.78. The monoisotopic (exact) mass is 216 g/mol. The van der Waals surface area contributed by atoms with Crippen LogP contribution in [-0.4, -0.2) is 26.2 Å². The number of fused-ring (bicyclic) bond motifs is 1. The summed E-state index contributed by atoms with van der Waals surface area (Å²) >= 11 is 0. The molecule has 0 saturated carbocycles. The summed E-state index contributed by atoms with van der Waals surface area (Å²) in [6.45, 7) is 4.90. The van der Waals surface area contributed by atoms with Crippen molar-refractivity contribution >= 4 is 5.69 Å². The lowest BCUT2D eigenvalue weighted by Gasteiger charge is -2.33. The van der Waals surface area contributed by atoms with Crippen LogP contribution < -0.4 is 10.2 Å². The van der Waals surface area contributed by atoms with Crippen molar-refractivity contribution in [1.29, 1.82) is 0 Å². The molecule has 16 heavy (non-hydrogen) atoms. The van der Waals surface area contributed by atoms with Crippen LogP contribution in [-0.2, 0) is 6.42 Å². The highest BCUT2D eigenvalue weighted by Crippen LogP contribution is 2.27. The lowest BCUT2D eigenvalue weighted by molar-refractivity contribution is 0.544.